The Kier molecular flexibility index (Phi) is 7.95. The van der Waals surface area contributed by atoms with Gasteiger partial charge in [-0.05, 0) is 72.3 Å². The normalized spacial score (nSPS) is 14.2. The van der Waals surface area contributed by atoms with Crippen LogP contribution >= 0.6 is 11.6 Å². The van der Waals surface area contributed by atoms with Crippen LogP contribution in [0.4, 0.5) is 0 Å². The lowest BCUT2D eigenvalue weighted by atomic mass is 9.99. The standard InChI is InChI=1S/C41H30ClN5O2/c1-49-32-22-18-29(19-23-32)38-26-40(39-25-37(27-10-4-2-5-11-27)44-46(39)31-12-6-3-7-13-31)47(45-38)41(48)34-24-36(28-16-20-30(42)21-17-28)43-35-15-9-8-14-33(34)35/h2-25,40H,26H2,1H3. The molecule has 0 aliphatic carbocycles. The number of nitrogens with zero attached hydrogens (tertiary/aromatic N) is 5. The molecule has 0 saturated carbocycles. The Morgan fingerprint density at radius 3 is 2.12 bits per heavy atom. The van der Waals surface area contributed by atoms with Gasteiger partial charge in [0, 0.05) is 28.0 Å². The molecule has 0 fully saturated rings. The van der Waals surface area contributed by atoms with Gasteiger partial charge >= 0.3 is 0 Å². The molecule has 5 aromatic carbocycles. The molecule has 7 aromatic rings. The second-order valence-corrected chi connectivity index (χ2v) is 12.2. The van der Waals surface area contributed by atoms with Gasteiger partial charge in [0.15, 0.2) is 0 Å². The zero-order chi connectivity index (χ0) is 33.3. The van der Waals surface area contributed by atoms with Crippen LogP contribution in [0.25, 0.3) is 39.1 Å². The van der Waals surface area contributed by atoms with Crippen LogP contribution in [0.5, 0.6) is 5.75 Å². The molecule has 8 rings (SSSR count). The van der Waals surface area contributed by atoms with Crippen LogP contribution in [0.1, 0.15) is 34.1 Å². The second-order valence-electron chi connectivity index (χ2n) is 11.8. The van der Waals surface area contributed by atoms with Crippen LogP contribution in [0, 0.1) is 0 Å². The highest BCUT2D eigenvalue weighted by atomic mass is 35.5. The van der Waals surface area contributed by atoms with Crippen molar-refractivity contribution >= 4 is 34.1 Å². The van der Waals surface area contributed by atoms with Crippen molar-refractivity contribution in [3.05, 3.63) is 167 Å². The van der Waals surface area contributed by atoms with Gasteiger partial charge in [-0.2, -0.15) is 10.2 Å². The molecule has 1 unspecified atom stereocenters. The van der Waals surface area contributed by atoms with Crippen molar-refractivity contribution in [2.45, 2.75) is 12.5 Å². The number of hydrogen-bond donors (Lipinski definition) is 0. The summed E-state index contributed by atoms with van der Waals surface area (Å²) in [5, 5.41) is 13.2. The molecule has 0 bridgehead atoms. The zero-order valence-electron chi connectivity index (χ0n) is 26.6. The zero-order valence-corrected chi connectivity index (χ0v) is 27.3. The third-order valence-electron chi connectivity index (χ3n) is 8.78. The molecule has 0 spiro atoms. The number of amides is 1. The number of hydrazone groups is 1. The van der Waals surface area contributed by atoms with Gasteiger partial charge in [-0.1, -0.05) is 90.5 Å². The van der Waals surface area contributed by atoms with Gasteiger partial charge in [0.25, 0.3) is 5.91 Å². The Morgan fingerprint density at radius 2 is 1.39 bits per heavy atom. The summed E-state index contributed by atoms with van der Waals surface area (Å²) in [7, 11) is 1.64. The van der Waals surface area contributed by atoms with Gasteiger partial charge in [0.05, 0.1) is 46.7 Å². The van der Waals surface area contributed by atoms with Crippen molar-refractivity contribution in [2.24, 2.45) is 5.10 Å². The predicted molar refractivity (Wildman–Crippen MR) is 194 cm³/mol. The van der Waals surface area contributed by atoms with E-state index in [0.717, 1.165) is 50.6 Å². The fraction of sp³-hybridized carbons (Fsp3) is 0.0732. The molecule has 3 heterocycles. The summed E-state index contributed by atoms with van der Waals surface area (Å²) < 4.78 is 7.35. The maximum Gasteiger partial charge on any atom is 0.275 e. The molecule has 2 aromatic heterocycles. The van der Waals surface area contributed by atoms with E-state index in [1.165, 1.54) is 0 Å². The molecule has 0 N–H and O–H groups in total. The van der Waals surface area contributed by atoms with E-state index < -0.39 is 6.04 Å². The number of pyridine rings is 1. The number of benzene rings is 5. The number of rotatable bonds is 7. The number of methoxy groups -OCH3 is 1. The van der Waals surface area contributed by atoms with E-state index >= 15 is 4.79 Å². The van der Waals surface area contributed by atoms with Gasteiger partial charge in [0.1, 0.15) is 11.8 Å². The molecule has 0 saturated heterocycles. The quantitative estimate of drug-likeness (QED) is 0.171. The minimum Gasteiger partial charge on any atom is -0.497 e. The van der Waals surface area contributed by atoms with Crippen molar-refractivity contribution < 1.29 is 9.53 Å². The summed E-state index contributed by atoms with van der Waals surface area (Å²) in [5.41, 5.74) is 8.00. The Balaban J connectivity index is 1.30. The number of carbonyl (C=O) groups excluding carboxylic acids is 1. The molecule has 49 heavy (non-hydrogen) atoms. The lowest BCUT2D eigenvalue weighted by Gasteiger charge is -2.23. The first-order valence-corrected chi connectivity index (χ1v) is 16.4. The van der Waals surface area contributed by atoms with E-state index in [1.54, 1.807) is 12.1 Å². The molecule has 1 aliphatic heterocycles. The number of aromatic nitrogens is 3. The summed E-state index contributed by atoms with van der Waals surface area (Å²) >= 11 is 6.21. The molecule has 238 valence electrons. The Morgan fingerprint density at radius 1 is 0.735 bits per heavy atom. The predicted octanol–water partition coefficient (Wildman–Crippen LogP) is 9.41. The van der Waals surface area contributed by atoms with Gasteiger partial charge in [-0.3, -0.25) is 4.79 Å². The summed E-state index contributed by atoms with van der Waals surface area (Å²) in [5.74, 6) is 0.517. The van der Waals surface area contributed by atoms with Gasteiger partial charge < -0.3 is 4.74 Å². The summed E-state index contributed by atoms with van der Waals surface area (Å²) in [6.45, 7) is 0. The van der Waals surface area contributed by atoms with Crippen molar-refractivity contribution in [1.29, 1.82) is 0 Å². The molecule has 1 aliphatic rings. The number of ether oxygens (including phenoxy) is 1. The lowest BCUT2D eigenvalue weighted by Crippen LogP contribution is -2.29. The number of halogens is 1. The number of fused-ring (bicyclic) bond motifs is 1. The Bertz CT molecular complexity index is 2320. The van der Waals surface area contributed by atoms with Gasteiger partial charge in [0.2, 0.25) is 0 Å². The van der Waals surface area contributed by atoms with Crippen LogP contribution in [-0.2, 0) is 0 Å². The maximum absolute atomic E-state index is 15.0. The SMILES string of the molecule is COc1ccc(C2=NN(C(=O)c3cc(-c4ccc(Cl)cc4)nc4ccccc34)C(c3cc(-c4ccccc4)nn3-c3ccccc3)C2)cc1. The molecule has 0 radical (unpaired) electrons. The van der Waals surface area contributed by atoms with Crippen LogP contribution in [0.2, 0.25) is 5.02 Å². The van der Waals surface area contributed by atoms with Gasteiger partial charge in [-0.25, -0.2) is 14.7 Å². The smallest absolute Gasteiger partial charge is 0.275 e. The third kappa shape index (κ3) is 5.85. The first-order chi connectivity index (χ1) is 24.1. The highest BCUT2D eigenvalue weighted by Crippen LogP contribution is 2.38. The first-order valence-electron chi connectivity index (χ1n) is 16.0. The Hall–Kier alpha value is -6.05. The first kappa shape index (κ1) is 30.3. The van der Waals surface area contributed by atoms with Gasteiger partial charge in [-0.15, -0.1) is 0 Å². The average molecular weight is 660 g/mol. The average Bonchev–Trinajstić information content (AvgIpc) is 3.81. The van der Waals surface area contributed by atoms with E-state index in [0.29, 0.717) is 28.2 Å². The molecule has 1 amide bonds. The fourth-order valence-electron chi connectivity index (χ4n) is 6.29. The monoisotopic (exact) mass is 659 g/mol. The Labute approximate surface area is 288 Å². The van der Waals surface area contributed by atoms with E-state index in [4.69, 9.17) is 31.5 Å². The number of carbonyl (C=O) groups is 1. The molecular formula is C41H30ClN5O2. The van der Waals surface area contributed by atoms with Crippen LogP contribution in [0.3, 0.4) is 0 Å². The summed E-state index contributed by atoms with van der Waals surface area (Å²) in [6.07, 6.45) is 0.484. The molecule has 8 heteroatoms. The molecular weight excluding hydrogens is 630 g/mol. The van der Waals surface area contributed by atoms with Crippen LogP contribution < -0.4 is 4.74 Å². The van der Waals surface area contributed by atoms with Crippen molar-refractivity contribution in [3.8, 4) is 34.0 Å². The summed E-state index contributed by atoms with van der Waals surface area (Å²) in [6, 6.07) is 46.5. The lowest BCUT2D eigenvalue weighted by molar-refractivity contribution is 0.0708. The highest BCUT2D eigenvalue weighted by Gasteiger charge is 2.37. The number of hydrogen-bond acceptors (Lipinski definition) is 5. The van der Waals surface area contributed by atoms with E-state index in [1.807, 2.05) is 144 Å². The van der Waals surface area contributed by atoms with Crippen molar-refractivity contribution in [3.63, 3.8) is 0 Å². The van der Waals surface area contributed by atoms with E-state index in [2.05, 4.69) is 6.07 Å². The minimum absolute atomic E-state index is 0.232. The van der Waals surface area contributed by atoms with Crippen molar-refractivity contribution in [1.82, 2.24) is 19.8 Å². The van der Waals surface area contributed by atoms with E-state index in [-0.39, 0.29) is 5.91 Å². The minimum atomic E-state index is -0.458. The number of para-hydroxylation sites is 2. The second kappa shape index (κ2) is 12.9. The topological polar surface area (TPSA) is 72.6 Å². The maximum atomic E-state index is 15.0. The van der Waals surface area contributed by atoms with Crippen LogP contribution in [-0.4, -0.2) is 38.5 Å². The van der Waals surface area contributed by atoms with Crippen LogP contribution in [0.15, 0.2) is 151 Å². The molecule has 7 nitrogen and oxygen atoms in total. The highest BCUT2D eigenvalue weighted by molar-refractivity contribution is 6.30. The molecule has 1 atom stereocenters. The fourth-order valence-corrected chi connectivity index (χ4v) is 6.42. The third-order valence-corrected chi connectivity index (χ3v) is 9.03. The van der Waals surface area contributed by atoms with Crippen molar-refractivity contribution in [2.75, 3.05) is 7.11 Å². The summed E-state index contributed by atoms with van der Waals surface area (Å²) in [4.78, 5) is 19.9. The van der Waals surface area contributed by atoms with E-state index in [9.17, 15) is 0 Å². The largest absolute Gasteiger partial charge is 0.497 e.